The van der Waals surface area contributed by atoms with E-state index in [9.17, 15) is 4.39 Å². The van der Waals surface area contributed by atoms with Crippen LogP contribution >= 0.6 is 0 Å². The molecule has 0 aliphatic carbocycles. The molecule has 0 aromatic rings. The monoisotopic (exact) mass is 105 g/mol. The van der Waals surface area contributed by atoms with Gasteiger partial charge in [0.1, 0.15) is 6.17 Å². The van der Waals surface area contributed by atoms with Gasteiger partial charge in [0.15, 0.2) is 0 Å². The van der Waals surface area contributed by atoms with Crippen molar-refractivity contribution in [2.45, 2.75) is 25.9 Å². The zero-order valence-corrected chi connectivity index (χ0v) is 4.65. The van der Waals surface area contributed by atoms with Crippen LogP contribution < -0.4 is 5.73 Å². The van der Waals surface area contributed by atoms with Crippen LogP contribution in [-0.4, -0.2) is 12.7 Å². The van der Waals surface area contributed by atoms with Gasteiger partial charge in [0, 0.05) is 6.54 Å². The molecule has 2 N–H and O–H groups in total. The van der Waals surface area contributed by atoms with Crippen LogP contribution in [-0.2, 0) is 0 Å². The fraction of sp³-hybridized carbons (Fsp3) is 1.00. The summed E-state index contributed by atoms with van der Waals surface area (Å²) in [7, 11) is 0. The molecule has 0 spiro atoms. The van der Waals surface area contributed by atoms with Crippen LogP contribution in [0.2, 0.25) is 0 Å². The van der Waals surface area contributed by atoms with Gasteiger partial charge in [-0.15, -0.1) is 0 Å². The quantitative estimate of drug-likeness (QED) is 0.571. The summed E-state index contributed by atoms with van der Waals surface area (Å²) in [5.74, 6) is 0. The second-order valence-corrected chi connectivity index (χ2v) is 1.62. The van der Waals surface area contributed by atoms with Gasteiger partial charge in [0.05, 0.1) is 0 Å². The minimum absolute atomic E-state index is 0.174. The van der Waals surface area contributed by atoms with Crippen molar-refractivity contribution < 1.29 is 4.39 Å². The van der Waals surface area contributed by atoms with Gasteiger partial charge in [-0.25, -0.2) is 4.39 Å². The lowest BCUT2D eigenvalue weighted by Crippen LogP contribution is -2.14. The van der Waals surface area contributed by atoms with Gasteiger partial charge in [0.25, 0.3) is 0 Å². The maximum Gasteiger partial charge on any atom is 0.112 e. The molecule has 0 aliphatic rings. The Morgan fingerprint density at radius 2 is 2.29 bits per heavy atom. The fourth-order valence-corrected chi connectivity index (χ4v) is 0.431. The zero-order valence-electron chi connectivity index (χ0n) is 4.65. The van der Waals surface area contributed by atoms with Crippen LogP contribution in [0.3, 0.4) is 0 Å². The summed E-state index contributed by atoms with van der Waals surface area (Å²) in [4.78, 5) is 0. The van der Waals surface area contributed by atoms with Crippen molar-refractivity contribution in [1.82, 2.24) is 0 Å². The summed E-state index contributed by atoms with van der Waals surface area (Å²) in [6.45, 7) is 2.12. The molecule has 0 rings (SSSR count). The molecule has 0 saturated carbocycles. The number of nitrogens with two attached hydrogens (primary N) is 1. The molecule has 0 unspecified atom stereocenters. The average Bonchev–Trinajstić information content (AvgIpc) is 1.68. The molecule has 0 radical (unpaired) electrons. The third-order valence-corrected chi connectivity index (χ3v) is 0.858. The minimum Gasteiger partial charge on any atom is -0.328 e. The first-order chi connectivity index (χ1) is 3.31. The zero-order chi connectivity index (χ0) is 5.70. The van der Waals surface area contributed by atoms with Crippen molar-refractivity contribution in [3.63, 3.8) is 0 Å². The van der Waals surface area contributed by atoms with Crippen molar-refractivity contribution in [2.75, 3.05) is 6.54 Å². The van der Waals surface area contributed by atoms with E-state index in [-0.39, 0.29) is 6.54 Å². The molecule has 0 heterocycles. The van der Waals surface area contributed by atoms with Gasteiger partial charge in [0.2, 0.25) is 0 Å². The van der Waals surface area contributed by atoms with Crippen LogP contribution in [0.15, 0.2) is 0 Å². The summed E-state index contributed by atoms with van der Waals surface area (Å²) < 4.78 is 12.0. The second kappa shape index (κ2) is 4.06. The Kier molecular flexibility index (Phi) is 4.00. The summed E-state index contributed by atoms with van der Waals surface area (Å²) >= 11 is 0. The Hall–Kier alpha value is -0.110. The highest BCUT2D eigenvalue weighted by atomic mass is 19.1. The van der Waals surface area contributed by atoms with Crippen LogP contribution in [0, 0.1) is 0 Å². The van der Waals surface area contributed by atoms with Crippen molar-refractivity contribution in [1.29, 1.82) is 0 Å². The predicted molar refractivity (Wildman–Crippen MR) is 28.9 cm³/mol. The molecular weight excluding hydrogens is 93.1 g/mol. The Bertz CT molecular complexity index is 39.1. The SMILES string of the molecule is CCC[C@H](F)CN. The van der Waals surface area contributed by atoms with E-state index in [2.05, 4.69) is 0 Å². The predicted octanol–water partition coefficient (Wildman–Crippen LogP) is 1.08. The largest absolute Gasteiger partial charge is 0.328 e. The van der Waals surface area contributed by atoms with Gasteiger partial charge in [-0.05, 0) is 6.42 Å². The third-order valence-electron chi connectivity index (χ3n) is 0.858. The Morgan fingerprint density at radius 1 is 1.71 bits per heavy atom. The summed E-state index contributed by atoms with van der Waals surface area (Å²) in [6.07, 6.45) is 0.722. The third kappa shape index (κ3) is 3.73. The van der Waals surface area contributed by atoms with Gasteiger partial charge in [-0.2, -0.15) is 0 Å². The maximum atomic E-state index is 12.0. The van der Waals surface area contributed by atoms with Gasteiger partial charge in [-0.1, -0.05) is 13.3 Å². The van der Waals surface area contributed by atoms with Gasteiger partial charge in [-0.3, -0.25) is 0 Å². The van der Waals surface area contributed by atoms with E-state index >= 15 is 0 Å². The van der Waals surface area contributed by atoms with Crippen molar-refractivity contribution >= 4 is 0 Å². The van der Waals surface area contributed by atoms with Gasteiger partial charge >= 0.3 is 0 Å². The van der Waals surface area contributed by atoms with E-state index in [1.807, 2.05) is 6.92 Å². The molecule has 1 atom stereocenters. The molecule has 0 bridgehead atoms. The van der Waals surface area contributed by atoms with E-state index in [1.165, 1.54) is 0 Å². The lowest BCUT2D eigenvalue weighted by atomic mass is 10.2. The number of hydrogen-bond donors (Lipinski definition) is 1. The van der Waals surface area contributed by atoms with Crippen LogP contribution in [0.1, 0.15) is 19.8 Å². The second-order valence-electron chi connectivity index (χ2n) is 1.62. The number of hydrogen-bond acceptors (Lipinski definition) is 1. The lowest BCUT2D eigenvalue weighted by molar-refractivity contribution is 0.320. The highest BCUT2D eigenvalue weighted by molar-refractivity contribution is 4.52. The smallest absolute Gasteiger partial charge is 0.112 e. The maximum absolute atomic E-state index is 12.0. The van der Waals surface area contributed by atoms with E-state index in [1.54, 1.807) is 0 Å². The highest BCUT2D eigenvalue weighted by Gasteiger charge is 1.97. The topological polar surface area (TPSA) is 26.0 Å². The molecule has 0 fully saturated rings. The number of rotatable bonds is 3. The van der Waals surface area contributed by atoms with Gasteiger partial charge < -0.3 is 5.73 Å². The Labute approximate surface area is 43.7 Å². The van der Waals surface area contributed by atoms with E-state index in [0.29, 0.717) is 6.42 Å². The van der Waals surface area contributed by atoms with Crippen LogP contribution in [0.25, 0.3) is 0 Å². The van der Waals surface area contributed by atoms with Crippen molar-refractivity contribution in [3.05, 3.63) is 0 Å². The lowest BCUT2D eigenvalue weighted by Gasteiger charge is -1.98. The Morgan fingerprint density at radius 3 is 2.43 bits per heavy atom. The molecule has 0 aliphatic heterocycles. The summed E-state index contributed by atoms with van der Waals surface area (Å²) in [5, 5.41) is 0. The molecular formula is C5H12FN. The molecule has 0 amide bonds. The average molecular weight is 105 g/mol. The highest BCUT2D eigenvalue weighted by Crippen LogP contribution is 1.96. The van der Waals surface area contributed by atoms with E-state index in [4.69, 9.17) is 5.73 Å². The summed E-state index contributed by atoms with van der Waals surface area (Å²) in [6, 6.07) is 0. The van der Waals surface area contributed by atoms with Crippen LogP contribution in [0.4, 0.5) is 4.39 Å². The van der Waals surface area contributed by atoms with Crippen molar-refractivity contribution in [2.24, 2.45) is 5.73 Å². The fourth-order valence-electron chi connectivity index (χ4n) is 0.431. The summed E-state index contributed by atoms with van der Waals surface area (Å²) in [5.41, 5.74) is 4.98. The first-order valence-electron chi connectivity index (χ1n) is 2.65. The normalized spacial score (nSPS) is 14.1. The molecule has 0 saturated heterocycles. The molecule has 1 nitrogen and oxygen atoms in total. The standard InChI is InChI=1S/C5H12FN/c1-2-3-5(6)4-7/h5H,2-4,7H2,1H3/t5-/m0/s1. The molecule has 0 aromatic heterocycles. The molecule has 0 aromatic carbocycles. The molecule has 2 heteroatoms. The number of halogens is 1. The van der Waals surface area contributed by atoms with Crippen molar-refractivity contribution in [3.8, 4) is 0 Å². The number of alkyl halides is 1. The minimum atomic E-state index is -0.773. The van der Waals surface area contributed by atoms with Crippen LogP contribution in [0.5, 0.6) is 0 Å². The molecule has 7 heavy (non-hydrogen) atoms. The van der Waals surface area contributed by atoms with E-state index < -0.39 is 6.17 Å². The molecule has 44 valence electrons. The first-order valence-corrected chi connectivity index (χ1v) is 2.65. The van der Waals surface area contributed by atoms with E-state index in [0.717, 1.165) is 6.42 Å². The Balaban J connectivity index is 2.83. The first kappa shape index (κ1) is 6.89.